The molecule has 2 aromatic heterocycles. The van der Waals surface area contributed by atoms with Crippen molar-refractivity contribution in [1.29, 1.82) is 0 Å². The zero-order chi connectivity index (χ0) is 18.9. The molecular formula is C13H10ClFN4O6S. The monoisotopic (exact) mass is 404 g/mol. The van der Waals surface area contributed by atoms with Crippen molar-refractivity contribution in [3.63, 3.8) is 0 Å². The minimum atomic E-state index is -3.25. The molecule has 0 saturated heterocycles. The van der Waals surface area contributed by atoms with E-state index in [0.29, 0.717) is 0 Å². The van der Waals surface area contributed by atoms with E-state index in [-0.39, 0.29) is 40.5 Å². The largest absolute Gasteiger partial charge is 0.473 e. The van der Waals surface area contributed by atoms with Crippen molar-refractivity contribution in [2.24, 2.45) is 0 Å². The van der Waals surface area contributed by atoms with Gasteiger partial charge in [0.2, 0.25) is 11.5 Å². The van der Waals surface area contributed by atoms with E-state index in [2.05, 4.69) is 24.6 Å². The number of hydrogen-bond acceptors (Lipinski definition) is 9. The van der Waals surface area contributed by atoms with E-state index in [1.165, 1.54) is 12.1 Å². The Morgan fingerprint density at radius 3 is 2.77 bits per heavy atom. The van der Waals surface area contributed by atoms with Crippen LogP contribution in [0, 0.1) is 5.82 Å². The summed E-state index contributed by atoms with van der Waals surface area (Å²) >= 11 is 5.73. The molecular weight excluding hydrogens is 395 g/mol. The lowest BCUT2D eigenvalue weighted by Crippen LogP contribution is -2.15. The zero-order valence-corrected chi connectivity index (χ0v) is 14.6. The number of benzene rings is 1. The van der Waals surface area contributed by atoms with Gasteiger partial charge < -0.3 is 4.74 Å². The molecule has 0 atom stereocenters. The third-order valence-corrected chi connectivity index (χ3v) is 4.33. The molecule has 0 fully saturated rings. The molecule has 0 radical (unpaired) electrons. The van der Waals surface area contributed by atoms with E-state index in [4.69, 9.17) is 16.3 Å². The summed E-state index contributed by atoms with van der Waals surface area (Å²) in [6, 6.07) is 3.53. The maximum atomic E-state index is 13.3. The molecule has 0 spiro atoms. The fourth-order valence-corrected chi connectivity index (χ4v) is 2.51. The topological polar surface area (TPSA) is 130 Å². The van der Waals surface area contributed by atoms with Gasteiger partial charge in [-0.25, -0.2) is 26.8 Å². The first kappa shape index (κ1) is 18.1. The average molecular weight is 405 g/mol. The molecule has 3 aromatic rings. The van der Waals surface area contributed by atoms with Gasteiger partial charge in [-0.3, -0.25) is 4.52 Å². The fourth-order valence-electron chi connectivity index (χ4n) is 1.95. The molecule has 0 aliphatic heterocycles. The van der Waals surface area contributed by atoms with Gasteiger partial charge in [0, 0.05) is 6.26 Å². The van der Waals surface area contributed by atoms with Crippen molar-refractivity contribution >= 4 is 21.4 Å². The Bertz CT molecular complexity index is 1110. The second-order valence-corrected chi connectivity index (χ2v) is 7.77. The Hall–Kier alpha value is -2.73. The van der Waals surface area contributed by atoms with Gasteiger partial charge in [-0.2, -0.15) is 0 Å². The summed E-state index contributed by atoms with van der Waals surface area (Å²) < 4.78 is 51.0. The maximum Gasteiger partial charge on any atom is 0.446 e. The highest BCUT2D eigenvalue weighted by atomic mass is 35.5. The van der Waals surface area contributed by atoms with Gasteiger partial charge in [0.15, 0.2) is 9.84 Å². The Kier molecular flexibility index (Phi) is 4.78. The molecule has 0 saturated carbocycles. The first-order chi connectivity index (χ1) is 12.3. The molecule has 10 nitrogen and oxygen atoms in total. The van der Waals surface area contributed by atoms with Crippen molar-refractivity contribution in [2.45, 2.75) is 0 Å². The maximum absolute atomic E-state index is 13.3. The van der Waals surface area contributed by atoms with Crippen LogP contribution < -0.4 is 10.5 Å². The van der Waals surface area contributed by atoms with E-state index in [0.717, 1.165) is 16.9 Å². The van der Waals surface area contributed by atoms with Gasteiger partial charge in [-0.05, 0) is 28.5 Å². The number of ether oxygens (including phenoxy) is 1. The van der Waals surface area contributed by atoms with E-state index in [9.17, 15) is 17.6 Å². The van der Waals surface area contributed by atoms with Gasteiger partial charge >= 0.3 is 5.76 Å². The fraction of sp³-hybridized carbons (Fsp3) is 0.231. The Morgan fingerprint density at radius 1 is 1.31 bits per heavy atom. The molecule has 0 amide bonds. The lowest BCUT2D eigenvalue weighted by molar-refractivity contribution is 0.264. The van der Waals surface area contributed by atoms with Crippen molar-refractivity contribution in [2.75, 3.05) is 18.6 Å². The second kappa shape index (κ2) is 6.88. The predicted octanol–water partition coefficient (Wildman–Crippen LogP) is 1.09. The Balaban J connectivity index is 1.98. The molecule has 0 aliphatic rings. The second-order valence-electron chi connectivity index (χ2n) is 5.10. The molecule has 138 valence electrons. The van der Waals surface area contributed by atoms with Crippen molar-refractivity contribution < 1.29 is 26.7 Å². The van der Waals surface area contributed by atoms with Gasteiger partial charge in [0.05, 0.1) is 16.5 Å². The molecule has 0 unspecified atom stereocenters. The molecule has 3 rings (SSSR count). The third kappa shape index (κ3) is 3.75. The summed E-state index contributed by atoms with van der Waals surface area (Å²) in [6.45, 7) is -0.218. The molecule has 0 bridgehead atoms. The van der Waals surface area contributed by atoms with Gasteiger partial charge in [-0.15, -0.1) is 0 Å². The quantitative estimate of drug-likeness (QED) is 0.592. The number of rotatable bonds is 6. The highest BCUT2D eigenvalue weighted by Gasteiger charge is 2.24. The predicted molar refractivity (Wildman–Crippen MR) is 85.6 cm³/mol. The Labute approximate surface area is 150 Å². The molecule has 0 aliphatic carbocycles. The molecule has 1 aromatic carbocycles. The summed E-state index contributed by atoms with van der Waals surface area (Å²) in [5.41, 5.74) is 0.0486. The van der Waals surface area contributed by atoms with Crippen LogP contribution in [0.4, 0.5) is 4.39 Å². The molecule has 26 heavy (non-hydrogen) atoms. The molecule has 0 N–H and O–H groups in total. The SMILES string of the molecule is CS(=O)(=O)CCOc1nonc1-c1noc(=O)n1-c1ccc(F)c(Cl)c1. The lowest BCUT2D eigenvalue weighted by atomic mass is 10.3. The standard InChI is InChI=1S/C13H10ClFN4O6S/c1-26(21,22)5-4-23-12-10(16-25-18-12)11-17-24-13(20)19(11)7-2-3-9(15)8(14)6-7/h2-3,6H,4-5H2,1H3. The van der Waals surface area contributed by atoms with E-state index in [1.807, 2.05) is 0 Å². The lowest BCUT2D eigenvalue weighted by Gasteiger charge is -2.05. The van der Waals surface area contributed by atoms with Crippen LogP contribution in [0.25, 0.3) is 17.2 Å². The van der Waals surface area contributed by atoms with Crippen LogP contribution in [0.2, 0.25) is 5.02 Å². The third-order valence-electron chi connectivity index (χ3n) is 3.13. The van der Waals surface area contributed by atoms with Gasteiger partial charge in [0.25, 0.3) is 5.88 Å². The number of aromatic nitrogens is 4. The van der Waals surface area contributed by atoms with Crippen LogP contribution in [0.5, 0.6) is 5.88 Å². The van der Waals surface area contributed by atoms with Crippen LogP contribution in [-0.2, 0) is 9.84 Å². The summed E-state index contributed by atoms with van der Waals surface area (Å²) in [7, 11) is -3.25. The van der Waals surface area contributed by atoms with Crippen LogP contribution >= 0.6 is 11.6 Å². The Morgan fingerprint density at radius 2 is 2.08 bits per heavy atom. The van der Waals surface area contributed by atoms with Gasteiger partial charge in [0.1, 0.15) is 12.4 Å². The van der Waals surface area contributed by atoms with Crippen LogP contribution in [0.3, 0.4) is 0 Å². The normalized spacial score (nSPS) is 11.7. The average Bonchev–Trinajstić information content (AvgIpc) is 3.15. The first-order valence-corrected chi connectivity index (χ1v) is 9.38. The highest BCUT2D eigenvalue weighted by molar-refractivity contribution is 7.90. The summed E-state index contributed by atoms with van der Waals surface area (Å²) in [5, 5.41) is 10.5. The summed E-state index contributed by atoms with van der Waals surface area (Å²) in [4.78, 5) is 12.0. The summed E-state index contributed by atoms with van der Waals surface area (Å²) in [6.07, 6.45) is 1.05. The smallest absolute Gasteiger partial charge is 0.446 e. The molecule has 2 heterocycles. The van der Waals surface area contributed by atoms with Crippen molar-refractivity contribution in [3.05, 3.63) is 39.6 Å². The van der Waals surface area contributed by atoms with E-state index in [1.54, 1.807) is 0 Å². The van der Waals surface area contributed by atoms with E-state index < -0.39 is 21.4 Å². The first-order valence-electron chi connectivity index (χ1n) is 6.94. The van der Waals surface area contributed by atoms with Crippen molar-refractivity contribution in [3.8, 4) is 23.1 Å². The number of halogens is 2. The molecule has 13 heteroatoms. The minimum Gasteiger partial charge on any atom is -0.473 e. The van der Waals surface area contributed by atoms with E-state index >= 15 is 0 Å². The minimum absolute atomic E-state index is 0.107. The highest BCUT2D eigenvalue weighted by Crippen LogP contribution is 2.27. The van der Waals surface area contributed by atoms with Crippen molar-refractivity contribution in [1.82, 2.24) is 20.0 Å². The number of hydrogen-bond donors (Lipinski definition) is 0. The van der Waals surface area contributed by atoms with Crippen LogP contribution in [0.1, 0.15) is 0 Å². The van der Waals surface area contributed by atoms with Gasteiger partial charge in [-0.1, -0.05) is 16.8 Å². The summed E-state index contributed by atoms with van der Waals surface area (Å²) in [5.74, 6) is -2.17. The number of sulfone groups is 1. The van der Waals surface area contributed by atoms with Crippen LogP contribution in [0.15, 0.2) is 32.1 Å². The number of nitrogens with zero attached hydrogens (tertiary/aromatic N) is 4. The zero-order valence-electron chi connectivity index (χ0n) is 13.0. The van der Waals surface area contributed by atoms with Crippen LogP contribution in [-0.4, -0.2) is 47.1 Å².